The van der Waals surface area contributed by atoms with Gasteiger partial charge in [-0.2, -0.15) is 0 Å². The number of rotatable bonds is 10. The van der Waals surface area contributed by atoms with Crippen LogP contribution in [-0.4, -0.2) is 20.4 Å². The van der Waals surface area contributed by atoms with E-state index in [0.29, 0.717) is 58.5 Å². The first-order valence-corrected chi connectivity index (χ1v) is 29.6. The van der Waals surface area contributed by atoms with Crippen molar-refractivity contribution in [3.63, 3.8) is 0 Å². The minimum atomic E-state index is -0.185. The first-order valence-electron chi connectivity index (χ1n) is 29.6. The van der Waals surface area contributed by atoms with Gasteiger partial charge in [0.2, 0.25) is 0 Å². The Morgan fingerprint density at radius 3 is 0.746 bits per heavy atom. The van der Waals surface area contributed by atoms with Crippen molar-refractivity contribution in [1.29, 1.82) is 0 Å². The van der Waals surface area contributed by atoms with Gasteiger partial charge in [0.1, 0.15) is 23.0 Å². The summed E-state index contributed by atoms with van der Waals surface area (Å²) in [5.74, 6) is 4.79. The fraction of sp³-hybridized carbons (Fsp3) is 0.642. The van der Waals surface area contributed by atoms with Crippen LogP contribution in [-0.2, 0) is 10.8 Å². The van der Waals surface area contributed by atoms with E-state index in [9.17, 15) is 20.4 Å². The molecule has 4 nitrogen and oxygen atoms in total. The second-order valence-electron chi connectivity index (χ2n) is 25.8. The molecule has 0 amide bonds. The summed E-state index contributed by atoms with van der Waals surface area (Å²) in [4.78, 5) is 0. The van der Waals surface area contributed by atoms with Gasteiger partial charge in [-0.1, -0.05) is 115 Å². The van der Waals surface area contributed by atoms with Crippen molar-refractivity contribution >= 4 is 0 Å². The summed E-state index contributed by atoms with van der Waals surface area (Å²) in [5.41, 5.74) is 15.0. The molecule has 0 heterocycles. The van der Waals surface area contributed by atoms with Crippen LogP contribution >= 0.6 is 0 Å². The number of phenolic OH excluding ortho intramolecular Hbond substituents is 4. The summed E-state index contributed by atoms with van der Waals surface area (Å²) in [6.07, 6.45) is 33.4. The smallest absolute Gasteiger partial charge is 0.119 e. The molecule has 0 aromatic heterocycles. The Balaban J connectivity index is 0.991. The van der Waals surface area contributed by atoms with E-state index in [2.05, 4.69) is 90.1 Å². The second kappa shape index (κ2) is 20.8. The zero-order valence-corrected chi connectivity index (χ0v) is 45.2. The largest absolute Gasteiger partial charge is 0.508 e. The zero-order valence-electron chi connectivity index (χ0n) is 45.2. The molecule has 0 bridgehead atoms. The Kier molecular flexibility index (Phi) is 14.8. The number of hydrogen-bond donors (Lipinski definition) is 4. The van der Waals surface area contributed by atoms with Crippen molar-refractivity contribution in [1.82, 2.24) is 0 Å². The number of benzene rings is 4. The normalized spacial score (nSPS) is 22.7. The van der Waals surface area contributed by atoms with Crippen LogP contribution in [0.15, 0.2) is 48.5 Å². The minimum Gasteiger partial charge on any atom is -0.508 e. The van der Waals surface area contributed by atoms with Gasteiger partial charge in [-0.05, 0) is 262 Å². The highest BCUT2D eigenvalue weighted by molar-refractivity contribution is 5.57. The van der Waals surface area contributed by atoms with Crippen LogP contribution in [0.3, 0.4) is 0 Å². The SMILES string of the molecule is Cc1cc(O)c(C2CCCCC2)cc1C1(c2cc(C3CCCCC3)c(O)cc2C)CCC(C(C)(C)C2CCC(c3cc(C4CCCCC4)c(O)cc3C)(c3cc(C4CCCCC4)c(O)cc3C)CC2)CC1. The van der Waals surface area contributed by atoms with E-state index in [1.54, 1.807) is 0 Å². The molecule has 384 valence electrons. The molecular formula is C67H92O4. The maximum Gasteiger partial charge on any atom is 0.119 e. The van der Waals surface area contributed by atoms with Crippen molar-refractivity contribution in [3.05, 3.63) is 115 Å². The lowest BCUT2D eigenvalue weighted by atomic mass is 9.52. The third-order valence-electron chi connectivity index (χ3n) is 21.5. The number of hydrogen-bond acceptors (Lipinski definition) is 4. The number of aryl methyl sites for hydroxylation is 4. The van der Waals surface area contributed by atoms with Crippen molar-refractivity contribution in [2.24, 2.45) is 17.3 Å². The van der Waals surface area contributed by atoms with Gasteiger partial charge in [0.05, 0.1) is 0 Å². The molecule has 0 aliphatic heterocycles. The second-order valence-corrected chi connectivity index (χ2v) is 25.8. The van der Waals surface area contributed by atoms with Crippen molar-refractivity contribution in [2.45, 2.75) is 256 Å². The lowest BCUT2D eigenvalue weighted by molar-refractivity contribution is 0.0362. The average molecular weight is 961 g/mol. The lowest BCUT2D eigenvalue weighted by Gasteiger charge is -2.52. The van der Waals surface area contributed by atoms with Crippen LogP contribution in [0.5, 0.6) is 23.0 Å². The maximum absolute atomic E-state index is 11.6. The van der Waals surface area contributed by atoms with Crippen molar-refractivity contribution in [3.8, 4) is 23.0 Å². The molecule has 4 aromatic rings. The van der Waals surface area contributed by atoms with E-state index < -0.39 is 0 Å². The summed E-state index contributed by atoms with van der Waals surface area (Å²) in [6.45, 7) is 14.3. The van der Waals surface area contributed by atoms with Gasteiger partial charge in [-0.3, -0.25) is 0 Å². The fourth-order valence-corrected chi connectivity index (χ4v) is 17.3. The molecule has 0 radical (unpaired) electrons. The third kappa shape index (κ3) is 9.60. The molecular weight excluding hydrogens is 869 g/mol. The molecule has 0 unspecified atom stereocenters. The maximum atomic E-state index is 11.6. The Morgan fingerprint density at radius 1 is 0.324 bits per heavy atom. The number of phenols is 4. The van der Waals surface area contributed by atoms with E-state index in [1.165, 1.54) is 144 Å². The monoisotopic (exact) mass is 961 g/mol. The summed E-state index contributed by atoms with van der Waals surface area (Å²) in [7, 11) is 0. The van der Waals surface area contributed by atoms with E-state index in [0.717, 1.165) is 103 Å². The highest BCUT2D eigenvalue weighted by atomic mass is 16.3. The molecule has 6 aliphatic carbocycles. The first-order chi connectivity index (χ1) is 34.2. The van der Waals surface area contributed by atoms with E-state index in [-0.39, 0.29) is 16.2 Å². The molecule has 4 N–H and O–H groups in total. The van der Waals surface area contributed by atoms with Gasteiger partial charge in [0, 0.05) is 10.8 Å². The molecule has 0 saturated heterocycles. The predicted octanol–water partition coefficient (Wildman–Crippen LogP) is 18.6. The van der Waals surface area contributed by atoms with E-state index in [1.807, 2.05) is 0 Å². The summed E-state index contributed by atoms with van der Waals surface area (Å²) in [6, 6.07) is 18.4. The quantitative estimate of drug-likeness (QED) is 0.128. The van der Waals surface area contributed by atoms with Crippen molar-refractivity contribution < 1.29 is 20.4 Å². The molecule has 6 fully saturated rings. The molecule has 6 saturated carbocycles. The minimum absolute atomic E-state index is 0.140. The molecule has 6 aliphatic rings. The summed E-state index contributed by atoms with van der Waals surface area (Å²) < 4.78 is 0. The van der Waals surface area contributed by atoms with Gasteiger partial charge in [-0.25, -0.2) is 0 Å². The van der Waals surface area contributed by atoms with Gasteiger partial charge < -0.3 is 20.4 Å². The molecule has 0 atom stereocenters. The Hall–Kier alpha value is -3.92. The zero-order chi connectivity index (χ0) is 49.7. The van der Waals surface area contributed by atoms with E-state index >= 15 is 0 Å². The van der Waals surface area contributed by atoms with Crippen molar-refractivity contribution in [2.75, 3.05) is 0 Å². The van der Waals surface area contributed by atoms with Crippen LogP contribution in [0.1, 0.15) is 284 Å². The van der Waals surface area contributed by atoms with Gasteiger partial charge in [-0.15, -0.1) is 0 Å². The molecule has 4 heteroatoms. The molecule has 4 aromatic carbocycles. The van der Waals surface area contributed by atoms with Gasteiger partial charge in [0.25, 0.3) is 0 Å². The summed E-state index contributed by atoms with van der Waals surface area (Å²) in [5, 5.41) is 46.6. The van der Waals surface area contributed by atoms with Crippen LogP contribution in [0.4, 0.5) is 0 Å². The lowest BCUT2D eigenvalue weighted by Crippen LogP contribution is -2.44. The van der Waals surface area contributed by atoms with Crippen LogP contribution in [0.25, 0.3) is 0 Å². The van der Waals surface area contributed by atoms with E-state index in [4.69, 9.17) is 0 Å². The number of aromatic hydroxyl groups is 4. The predicted molar refractivity (Wildman–Crippen MR) is 294 cm³/mol. The van der Waals surface area contributed by atoms with Gasteiger partial charge >= 0.3 is 0 Å². The Morgan fingerprint density at radius 2 is 0.535 bits per heavy atom. The van der Waals surface area contributed by atoms with Gasteiger partial charge in [0.15, 0.2) is 0 Å². The molecule has 0 spiro atoms. The molecule has 10 rings (SSSR count). The highest BCUT2D eigenvalue weighted by Crippen LogP contribution is 2.60. The van der Waals surface area contributed by atoms with Crippen LogP contribution in [0.2, 0.25) is 0 Å². The first kappa shape index (κ1) is 50.6. The highest BCUT2D eigenvalue weighted by Gasteiger charge is 2.50. The average Bonchev–Trinajstić information content (AvgIpc) is 3.37. The summed E-state index contributed by atoms with van der Waals surface area (Å²) >= 11 is 0. The third-order valence-corrected chi connectivity index (χ3v) is 21.5. The Labute approximate surface area is 429 Å². The molecule has 71 heavy (non-hydrogen) atoms. The Bertz CT molecular complexity index is 2180. The van der Waals surface area contributed by atoms with Crippen LogP contribution < -0.4 is 0 Å². The van der Waals surface area contributed by atoms with Crippen LogP contribution in [0, 0.1) is 44.9 Å². The standard InChI is InChI=1S/C67H92O4/c1-43-35-61(68)53(47-19-11-7-12-20-47)39-57(43)66(58-40-54(62(69)36-44(58)2)48-21-13-8-14-22-48)31-27-51(28-32-66)65(5,6)52-29-33-67(34-30-52,59-41-55(63(70)37-45(59)3)49-23-15-9-16-24-49)60-42-56(64(71)38-46(60)4)50-25-17-10-18-26-50/h35-42,47-52,68-71H,7-34H2,1-6H3. The topological polar surface area (TPSA) is 80.9 Å². The fourth-order valence-electron chi connectivity index (χ4n) is 17.3.